The zero-order chi connectivity index (χ0) is 14.3. The van der Waals surface area contributed by atoms with E-state index in [0.717, 1.165) is 24.9 Å². The molecule has 0 saturated carbocycles. The summed E-state index contributed by atoms with van der Waals surface area (Å²) in [6, 6.07) is 7.20. The molecule has 0 saturated heterocycles. The van der Waals surface area contributed by atoms with Gasteiger partial charge in [0.25, 0.3) is 0 Å². The predicted molar refractivity (Wildman–Crippen MR) is 76.9 cm³/mol. The van der Waals surface area contributed by atoms with Crippen molar-refractivity contribution in [3.05, 3.63) is 35.4 Å². The van der Waals surface area contributed by atoms with E-state index in [2.05, 4.69) is 19.0 Å². The molecule has 0 aliphatic heterocycles. The third-order valence-electron chi connectivity index (χ3n) is 2.95. The smallest absolute Gasteiger partial charge is 0.327 e. The second kappa shape index (κ2) is 7.92. The van der Waals surface area contributed by atoms with Crippen molar-refractivity contribution in [2.75, 3.05) is 27.2 Å². The van der Waals surface area contributed by atoms with Crippen molar-refractivity contribution >= 4 is 5.97 Å². The Morgan fingerprint density at radius 2 is 1.95 bits per heavy atom. The first kappa shape index (κ1) is 15.7. The number of nitrogens with zero attached hydrogens (tertiary/aromatic N) is 1. The van der Waals surface area contributed by atoms with Gasteiger partial charge in [-0.2, -0.15) is 0 Å². The Balaban J connectivity index is 2.53. The minimum absolute atomic E-state index is 0.356. The quantitative estimate of drug-likeness (QED) is 0.762. The molecule has 0 fully saturated rings. The highest BCUT2D eigenvalue weighted by atomic mass is 16.5. The lowest BCUT2D eigenvalue weighted by Crippen LogP contribution is -2.23. The Hall–Kier alpha value is -1.39. The summed E-state index contributed by atoms with van der Waals surface area (Å²) in [5.74, 6) is -0.372. The van der Waals surface area contributed by atoms with Crippen LogP contribution in [0.15, 0.2) is 24.3 Å². The molecule has 106 valence electrons. The molecule has 0 bridgehead atoms. The maximum absolute atomic E-state index is 11.5. The molecule has 0 heterocycles. The van der Waals surface area contributed by atoms with Gasteiger partial charge in [0.2, 0.25) is 0 Å². The van der Waals surface area contributed by atoms with Crippen LogP contribution in [0.2, 0.25) is 0 Å². The molecule has 0 spiro atoms. The van der Waals surface area contributed by atoms with E-state index in [-0.39, 0.29) is 5.97 Å². The summed E-state index contributed by atoms with van der Waals surface area (Å²) < 4.78 is 4.91. The maximum atomic E-state index is 11.5. The summed E-state index contributed by atoms with van der Waals surface area (Å²) >= 11 is 0. The Bertz CT molecular complexity index is 388. The lowest BCUT2D eigenvalue weighted by atomic mass is 10.0. The van der Waals surface area contributed by atoms with Crippen LogP contribution in [-0.4, -0.2) is 38.1 Å². The van der Waals surface area contributed by atoms with Gasteiger partial charge in [0.05, 0.1) is 6.61 Å². The van der Waals surface area contributed by atoms with Gasteiger partial charge in [-0.3, -0.25) is 0 Å². The van der Waals surface area contributed by atoms with Crippen LogP contribution in [0.5, 0.6) is 0 Å². The van der Waals surface area contributed by atoms with E-state index in [1.807, 2.05) is 24.3 Å². The number of nitrogens with two attached hydrogens (primary N) is 1. The minimum atomic E-state index is -0.684. The molecule has 19 heavy (non-hydrogen) atoms. The predicted octanol–water partition coefficient (Wildman–Crippen LogP) is 1.74. The van der Waals surface area contributed by atoms with Gasteiger partial charge in [-0.05, 0) is 51.5 Å². The molecule has 2 N–H and O–H groups in total. The van der Waals surface area contributed by atoms with Crippen LogP contribution in [0.4, 0.5) is 0 Å². The van der Waals surface area contributed by atoms with Gasteiger partial charge in [0.15, 0.2) is 0 Å². The monoisotopic (exact) mass is 264 g/mol. The van der Waals surface area contributed by atoms with Crippen molar-refractivity contribution in [1.82, 2.24) is 4.90 Å². The van der Waals surface area contributed by atoms with Crippen molar-refractivity contribution in [2.45, 2.75) is 25.8 Å². The molecule has 4 heteroatoms. The van der Waals surface area contributed by atoms with Crippen molar-refractivity contribution in [3.63, 3.8) is 0 Å². The second-order valence-corrected chi connectivity index (χ2v) is 4.88. The first-order valence-electron chi connectivity index (χ1n) is 6.70. The van der Waals surface area contributed by atoms with Crippen molar-refractivity contribution < 1.29 is 9.53 Å². The maximum Gasteiger partial charge on any atom is 0.327 e. The average Bonchev–Trinajstić information content (AvgIpc) is 2.38. The number of carbonyl (C=O) groups is 1. The van der Waals surface area contributed by atoms with Crippen LogP contribution in [0.3, 0.4) is 0 Å². The summed E-state index contributed by atoms with van der Waals surface area (Å²) in [6.45, 7) is 3.21. The van der Waals surface area contributed by atoms with Gasteiger partial charge in [-0.25, -0.2) is 4.79 Å². The molecular formula is C15H24N2O2. The third-order valence-corrected chi connectivity index (χ3v) is 2.95. The number of hydrogen-bond acceptors (Lipinski definition) is 4. The molecule has 0 aliphatic carbocycles. The zero-order valence-electron chi connectivity index (χ0n) is 12.1. The summed E-state index contributed by atoms with van der Waals surface area (Å²) in [4.78, 5) is 13.7. The number of rotatable bonds is 7. The van der Waals surface area contributed by atoms with Crippen LogP contribution < -0.4 is 5.73 Å². The Morgan fingerprint density at radius 1 is 1.32 bits per heavy atom. The van der Waals surface area contributed by atoms with Gasteiger partial charge < -0.3 is 15.4 Å². The van der Waals surface area contributed by atoms with Crippen LogP contribution in [0, 0.1) is 0 Å². The van der Waals surface area contributed by atoms with Gasteiger partial charge in [0, 0.05) is 0 Å². The van der Waals surface area contributed by atoms with Crippen LogP contribution >= 0.6 is 0 Å². The first-order chi connectivity index (χ1) is 9.04. The largest absolute Gasteiger partial charge is 0.465 e. The third kappa shape index (κ3) is 5.41. The molecule has 1 rings (SSSR count). The summed E-state index contributed by atoms with van der Waals surface area (Å²) in [7, 11) is 4.14. The van der Waals surface area contributed by atoms with E-state index in [4.69, 9.17) is 10.5 Å². The highest BCUT2D eigenvalue weighted by molar-refractivity contribution is 5.77. The molecule has 0 radical (unpaired) electrons. The first-order valence-corrected chi connectivity index (χ1v) is 6.70. The second-order valence-electron chi connectivity index (χ2n) is 4.88. The van der Waals surface area contributed by atoms with Gasteiger partial charge in [0.1, 0.15) is 6.04 Å². The summed E-state index contributed by atoms with van der Waals surface area (Å²) in [5.41, 5.74) is 7.90. The fraction of sp³-hybridized carbons (Fsp3) is 0.533. The molecule has 4 nitrogen and oxygen atoms in total. The Morgan fingerprint density at radius 3 is 2.47 bits per heavy atom. The zero-order valence-corrected chi connectivity index (χ0v) is 12.1. The molecular weight excluding hydrogens is 240 g/mol. The van der Waals surface area contributed by atoms with E-state index in [0.29, 0.717) is 6.61 Å². The van der Waals surface area contributed by atoms with Crippen LogP contribution in [-0.2, 0) is 16.0 Å². The van der Waals surface area contributed by atoms with E-state index < -0.39 is 6.04 Å². The normalized spacial score (nSPS) is 12.5. The highest BCUT2D eigenvalue weighted by Gasteiger charge is 2.16. The number of ether oxygens (including phenoxy) is 1. The van der Waals surface area contributed by atoms with E-state index in [1.54, 1.807) is 6.92 Å². The average molecular weight is 264 g/mol. The number of carbonyl (C=O) groups excluding carboxylic acids is 1. The SMILES string of the molecule is CCOC(=O)C(N)c1ccc(CCCN(C)C)cc1. The van der Waals surface area contributed by atoms with Crippen LogP contribution in [0.1, 0.15) is 30.5 Å². The standard InChI is InChI=1S/C15H24N2O2/c1-4-19-15(18)14(16)13-9-7-12(8-10-13)6-5-11-17(2)3/h7-10,14H,4-6,11,16H2,1-3H3. The van der Waals surface area contributed by atoms with E-state index in [1.165, 1.54) is 5.56 Å². The number of aryl methyl sites for hydroxylation is 1. The van der Waals surface area contributed by atoms with Gasteiger partial charge >= 0.3 is 5.97 Å². The molecule has 1 unspecified atom stereocenters. The fourth-order valence-corrected chi connectivity index (χ4v) is 1.86. The highest BCUT2D eigenvalue weighted by Crippen LogP contribution is 2.14. The lowest BCUT2D eigenvalue weighted by Gasteiger charge is -2.12. The Kier molecular flexibility index (Phi) is 6.53. The van der Waals surface area contributed by atoms with Crippen molar-refractivity contribution in [3.8, 4) is 0 Å². The number of esters is 1. The van der Waals surface area contributed by atoms with Crippen LogP contribution in [0.25, 0.3) is 0 Å². The molecule has 0 aliphatic rings. The number of benzene rings is 1. The molecule has 0 aromatic heterocycles. The summed E-state index contributed by atoms with van der Waals surface area (Å²) in [6.07, 6.45) is 2.16. The lowest BCUT2D eigenvalue weighted by molar-refractivity contribution is -0.144. The fourth-order valence-electron chi connectivity index (χ4n) is 1.86. The van der Waals surface area contributed by atoms with Crippen molar-refractivity contribution in [1.29, 1.82) is 0 Å². The van der Waals surface area contributed by atoms with E-state index in [9.17, 15) is 4.79 Å². The molecule has 0 amide bonds. The topological polar surface area (TPSA) is 55.6 Å². The Labute approximate surface area is 115 Å². The van der Waals surface area contributed by atoms with E-state index >= 15 is 0 Å². The van der Waals surface area contributed by atoms with Gasteiger partial charge in [-0.1, -0.05) is 24.3 Å². The van der Waals surface area contributed by atoms with Crippen molar-refractivity contribution in [2.24, 2.45) is 5.73 Å². The van der Waals surface area contributed by atoms with Gasteiger partial charge in [-0.15, -0.1) is 0 Å². The number of hydrogen-bond donors (Lipinski definition) is 1. The molecule has 1 aromatic rings. The summed E-state index contributed by atoms with van der Waals surface area (Å²) in [5, 5.41) is 0. The molecule has 1 aromatic carbocycles. The molecule has 1 atom stereocenters. The minimum Gasteiger partial charge on any atom is -0.465 e.